The summed E-state index contributed by atoms with van der Waals surface area (Å²) in [5.74, 6) is 0.972. The van der Waals surface area contributed by atoms with Gasteiger partial charge >= 0.3 is 0 Å². The van der Waals surface area contributed by atoms with Crippen molar-refractivity contribution in [2.45, 2.75) is 26.7 Å². The van der Waals surface area contributed by atoms with Crippen LogP contribution in [0.25, 0.3) is 0 Å². The lowest BCUT2D eigenvalue weighted by Gasteiger charge is -2.07. The third kappa shape index (κ3) is 3.79. The highest BCUT2D eigenvalue weighted by atomic mass is 16.5. The minimum absolute atomic E-state index is 0.746. The highest BCUT2D eigenvalue weighted by Gasteiger charge is 1.96. The maximum Gasteiger partial charge on any atom is 0.119 e. The van der Waals surface area contributed by atoms with Gasteiger partial charge < -0.3 is 10.5 Å². The first kappa shape index (κ1) is 11.1. The third-order valence-electron chi connectivity index (χ3n) is 2.06. The Kier molecular flexibility index (Phi) is 4.47. The Balaban J connectivity index is 2.42. The normalized spacial score (nSPS) is 10.2. The van der Waals surface area contributed by atoms with Crippen molar-refractivity contribution >= 4 is 0 Å². The van der Waals surface area contributed by atoms with E-state index in [1.54, 1.807) is 0 Å². The summed E-state index contributed by atoms with van der Waals surface area (Å²) in [5, 5.41) is 0. The summed E-state index contributed by atoms with van der Waals surface area (Å²) in [6.45, 7) is 5.68. The zero-order valence-electron chi connectivity index (χ0n) is 9.05. The third-order valence-corrected chi connectivity index (χ3v) is 2.06. The van der Waals surface area contributed by atoms with Crippen molar-refractivity contribution in [1.82, 2.24) is 0 Å². The highest BCUT2D eigenvalue weighted by Crippen LogP contribution is 2.16. The van der Waals surface area contributed by atoms with Gasteiger partial charge in [-0.1, -0.05) is 6.07 Å². The van der Waals surface area contributed by atoms with E-state index in [1.165, 1.54) is 11.1 Å². The van der Waals surface area contributed by atoms with Crippen LogP contribution < -0.4 is 10.5 Å². The molecule has 0 heterocycles. The number of aryl methyl sites for hydroxylation is 2. The van der Waals surface area contributed by atoms with Crippen LogP contribution in [0.4, 0.5) is 0 Å². The molecule has 0 amide bonds. The van der Waals surface area contributed by atoms with Crippen LogP contribution in [-0.4, -0.2) is 13.2 Å². The number of rotatable bonds is 5. The van der Waals surface area contributed by atoms with Gasteiger partial charge in [-0.15, -0.1) is 0 Å². The second-order valence-corrected chi connectivity index (χ2v) is 3.67. The molecule has 2 heteroatoms. The molecule has 0 aliphatic heterocycles. The summed E-state index contributed by atoms with van der Waals surface area (Å²) in [6.07, 6.45) is 2.06. The summed E-state index contributed by atoms with van der Waals surface area (Å²) >= 11 is 0. The van der Waals surface area contributed by atoms with Crippen molar-refractivity contribution in [2.24, 2.45) is 5.73 Å². The number of hydrogen-bond acceptors (Lipinski definition) is 2. The molecule has 2 N–H and O–H groups in total. The SMILES string of the molecule is Cc1cc(C)cc(OCCCCN)c1. The molecule has 0 saturated heterocycles. The van der Waals surface area contributed by atoms with Gasteiger partial charge in [0, 0.05) is 0 Å². The fraction of sp³-hybridized carbons (Fsp3) is 0.500. The molecule has 0 atom stereocenters. The molecule has 1 rings (SSSR count). The van der Waals surface area contributed by atoms with E-state index in [0.717, 1.165) is 31.7 Å². The lowest BCUT2D eigenvalue weighted by atomic mass is 10.1. The molecule has 0 saturated carbocycles. The van der Waals surface area contributed by atoms with Crippen LogP contribution in [0.2, 0.25) is 0 Å². The predicted octanol–water partition coefficient (Wildman–Crippen LogP) is 2.42. The van der Waals surface area contributed by atoms with E-state index in [9.17, 15) is 0 Å². The first-order chi connectivity index (χ1) is 6.72. The fourth-order valence-corrected chi connectivity index (χ4v) is 1.45. The van der Waals surface area contributed by atoms with Gasteiger partial charge in [0.15, 0.2) is 0 Å². The second kappa shape index (κ2) is 5.66. The number of hydrogen-bond donors (Lipinski definition) is 1. The summed E-state index contributed by atoms with van der Waals surface area (Å²) < 4.78 is 5.61. The molecule has 0 aliphatic rings. The van der Waals surface area contributed by atoms with Gasteiger partial charge in [0.25, 0.3) is 0 Å². The van der Waals surface area contributed by atoms with E-state index in [2.05, 4.69) is 32.0 Å². The zero-order valence-corrected chi connectivity index (χ0v) is 9.05. The second-order valence-electron chi connectivity index (χ2n) is 3.67. The molecule has 14 heavy (non-hydrogen) atoms. The Hall–Kier alpha value is -1.02. The lowest BCUT2D eigenvalue weighted by Crippen LogP contribution is -2.03. The molecule has 1 aromatic carbocycles. The lowest BCUT2D eigenvalue weighted by molar-refractivity contribution is 0.307. The first-order valence-electron chi connectivity index (χ1n) is 5.13. The van der Waals surface area contributed by atoms with Crippen molar-refractivity contribution in [3.8, 4) is 5.75 Å². The van der Waals surface area contributed by atoms with E-state index in [0.29, 0.717) is 0 Å². The molecule has 0 unspecified atom stereocenters. The Morgan fingerprint density at radius 1 is 1.07 bits per heavy atom. The van der Waals surface area contributed by atoms with Crippen molar-refractivity contribution in [2.75, 3.05) is 13.2 Å². The molecule has 2 nitrogen and oxygen atoms in total. The quantitative estimate of drug-likeness (QED) is 0.729. The molecular weight excluding hydrogens is 174 g/mol. The average Bonchev–Trinajstić information content (AvgIpc) is 2.11. The molecule has 0 fully saturated rings. The number of nitrogens with two attached hydrogens (primary N) is 1. The predicted molar refractivity (Wildman–Crippen MR) is 59.7 cm³/mol. The van der Waals surface area contributed by atoms with Crippen LogP contribution in [0, 0.1) is 13.8 Å². The Bertz CT molecular complexity index is 263. The first-order valence-corrected chi connectivity index (χ1v) is 5.13. The van der Waals surface area contributed by atoms with Crippen LogP contribution in [-0.2, 0) is 0 Å². The molecular formula is C12H19NO. The Morgan fingerprint density at radius 2 is 1.71 bits per heavy atom. The maximum atomic E-state index is 5.61. The minimum Gasteiger partial charge on any atom is -0.494 e. The van der Waals surface area contributed by atoms with E-state index < -0.39 is 0 Å². The Morgan fingerprint density at radius 3 is 2.29 bits per heavy atom. The van der Waals surface area contributed by atoms with Crippen LogP contribution in [0.15, 0.2) is 18.2 Å². The van der Waals surface area contributed by atoms with Crippen LogP contribution >= 0.6 is 0 Å². The standard InChI is InChI=1S/C12H19NO/c1-10-7-11(2)9-12(8-10)14-6-4-3-5-13/h7-9H,3-6,13H2,1-2H3. The highest BCUT2D eigenvalue weighted by molar-refractivity contribution is 5.32. The van der Waals surface area contributed by atoms with Gasteiger partial charge in [0.1, 0.15) is 5.75 Å². The van der Waals surface area contributed by atoms with Gasteiger partial charge in [-0.3, -0.25) is 0 Å². The Labute approximate surface area is 86.1 Å². The summed E-state index contributed by atoms with van der Waals surface area (Å²) in [7, 11) is 0. The molecule has 0 aliphatic carbocycles. The van der Waals surface area contributed by atoms with Crippen molar-refractivity contribution < 1.29 is 4.74 Å². The molecule has 0 spiro atoms. The summed E-state index contributed by atoms with van der Waals surface area (Å²) in [5.41, 5.74) is 7.90. The van der Waals surface area contributed by atoms with E-state index in [-0.39, 0.29) is 0 Å². The average molecular weight is 193 g/mol. The molecule has 0 radical (unpaired) electrons. The molecule has 78 valence electrons. The van der Waals surface area contributed by atoms with Crippen molar-refractivity contribution in [3.63, 3.8) is 0 Å². The molecule has 0 aromatic heterocycles. The smallest absolute Gasteiger partial charge is 0.119 e. The topological polar surface area (TPSA) is 35.2 Å². The van der Waals surface area contributed by atoms with Crippen molar-refractivity contribution in [1.29, 1.82) is 0 Å². The van der Waals surface area contributed by atoms with Crippen LogP contribution in [0.3, 0.4) is 0 Å². The molecule has 0 bridgehead atoms. The monoisotopic (exact) mass is 193 g/mol. The molecule has 1 aromatic rings. The van der Waals surface area contributed by atoms with Crippen molar-refractivity contribution in [3.05, 3.63) is 29.3 Å². The number of ether oxygens (including phenoxy) is 1. The summed E-state index contributed by atoms with van der Waals surface area (Å²) in [6, 6.07) is 6.28. The summed E-state index contributed by atoms with van der Waals surface area (Å²) in [4.78, 5) is 0. The number of benzene rings is 1. The van der Waals surface area contributed by atoms with E-state index in [4.69, 9.17) is 10.5 Å². The van der Waals surface area contributed by atoms with Gasteiger partial charge in [-0.2, -0.15) is 0 Å². The van der Waals surface area contributed by atoms with E-state index >= 15 is 0 Å². The van der Waals surface area contributed by atoms with Gasteiger partial charge in [-0.05, 0) is 56.5 Å². The minimum atomic E-state index is 0.746. The fourth-order valence-electron chi connectivity index (χ4n) is 1.45. The van der Waals surface area contributed by atoms with Gasteiger partial charge in [0.05, 0.1) is 6.61 Å². The van der Waals surface area contributed by atoms with Crippen LogP contribution in [0.5, 0.6) is 5.75 Å². The number of unbranched alkanes of at least 4 members (excludes halogenated alkanes) is 1. The van der Waals surface area contributed by atoms with Crippen LogP contribution in [0.1, 0.15) is 24.0 Å². The van der Waals surface area contributed by atoms with E-state index in [1.807, 2.05) is 0 Å². The van der Waals surface area contributed by atoms with Gasteiger partial charge in [0.2, 0.25) is 0 Å². The largest absolute Gasteiger partial charge is 0.494 e. The zero-order chi connectivity index (χ0) is 10.4. The van der Waals surface area contributed by atoms with Gasteiger partial charge in [-0.25, -0.2) is 0 Å². The maximum absolute atomic E-state index is 5.61.